The third-order valence-electron chi connectivity index (χ3n) is 4.84. The van der Waals surface area contributed by atoms with Crippen LogP contribution in [-0.2, 0) is 16.1 Å². The second kappa shape index (κ2) is 7.82. The van der Waals surface area contributed by atoms with Gasteiger partial charge in [-0.1, -0.05) is 6.07 Å². The van der Waals surface area contributed by atoms with Crippen molar-refractivity contribution in [1.29, 1.82) is 0 Å². The number of methoxy groups -OCH3 is 1. The number of hydrogen-bond donors (Lipinski definition) is 1. The van der Waals surface area contributed by atoms with Crippen LogP contribution < -0.4 is 4.74 Å². The van der Waals surface area contributed by atoms with Crippen molar-refractivity contribution in [3.05, 3.63) is 89.4 Å². The number of rotatable bonds is 5. The lowest BCUT2D eigenvalue weighted by Crippen LogP contribution is -2.29. The predicted molar refractivity (Wildman–Crippen MR) is 104 cm³/mol. The van der Waals surface area contributed by atoms with E-state index in [0.29, 0.717) is 5.56 Å². The fourth-order valence-electron chi connectivity index (χ4n) is 3.48. The molecule has 1 aliphatic rings. The van der Waals surface area contributed by atoms with Crippen LogP contribution in [0.3, 0.4) is 0 Å². The van der Waals surface area contributed by atoms with Crippen molar-refractivity contribution in [3.63, 3.8) is 0 Å². The fourth-order valence-corrected chi connectivity index (χ4v) is 3.48. The standard InChI is InChI=1S/C22H17FN2O5/c1-29-16-7-6-14(23)10-15(16)20(26)18-19(17-5-3-9-30-17)25(22(28)21(18)27)12-13-4-2-8-24-11-13/h2-11,19,26H,12H2,1H3/t19-/m1/s1. The molecule has 1 aliphatic heterocycles. The summed E-state index contributed by atoms with van der Waals surface area (Å²) in [4.78, 5) is 31.1. The lowest BCUT2D eigenvalue weighted by Gasteiger charge is -2.23. The first-order valence-electron chi connectivity index (χ1n) is 9.06. The molecule has 1 aromatic carbocycles. The fraction of sp³-hybridized carbons (Fsp3) is 0.136. The Balaban J connectivity index is 1.88. The van der Waals surface area contributed by atoms with Crippen molar-refractivity contribution in [3.8, 4) is 5.75 Å². The first-order valence-corrected chi connectivity index (χ1v) is 9.06. The number of carbonyl (C=O) groups is 2. The topological polar surface area (TPSA) is 92.9 Å². The van der Waals surface area contributed by atoms with E-state index in [-0.39, 0.29) is 29.2 Å². The van der Waals surface area contributed by atoms with E-state index in [9.17, 15) is 19.1 Å². The monoisotopic (exact) mass is 408 g/mol. The Bertz CT molecular complexity index is 1130. The summed E-state index contributed by atoms with van der Waals surface area (Å²) in [6.45, 7) is 0.0703. The van der Waals surface area contributed by atoms with Gasteiger partial charge in [0.05, 0.1) is 24.5 Å². The van der Waals surface area contributed by atoms with Gasteiger partial charge in [0.25, 0.3) is 11.7 Å². The molecule has 4 rings (SSSR count). The number of ketones is 1. The Morgan fingerprint density at radius 1 is 1.27 bits per heavy atom. The van der Waals surface area contributed by atoms with E-state index in [4.69, 9.17) is 9.15 Å². The van der Waals surface area contributed by atoms with Gasteiger partial charge in [-0.25, -0.2) is 4.39 Å². The highest BCUT2D eigenvalue weighted by Crippen LogP contribution is 2.41. The van der Waals surface area contributed by atoms with Crippen molar-refractivity contribution in [2.75, 3.05) is 7.11 Å². The normalized spacial score (nSPS) is 18.1. The summed E-state index contributed by atoms with van der Waals surface area (Å²) in [5.74, 6) is -2.43. The highest BCUT2D eigenvalue weighted by Gasteiger charge is 2.47. The lowest BCUT2D eigenvalue weighted by atomic mass is 9.98. The van der Waals surface area contributed by atoms with Gasteiger partial charge >= 0.3 is 0 Å². The van der Waals surface area contributed by atoms with E-state index in [1.54, 1.807) is 36.7 Å². The smallest absolute Gasteiger partial charge is 0.296 e. The highest BCUT2D eigenvalue weighted by molar-refractivity contribution is 6.46. The predicted octanol–water partition coefficient (Wildman–Crippen LogP) is 3.44. The first-order chi connectivity index (χ1) is 14.5. The van der Waals surface area contributed by atoms with Crippen LogP contribution >= 0.6 is 0 Å². The number of carbonyl (C=O) groups excluding carboxylic acids is 2. The molecule has 3 aromatic rings. The molecule has 7 nitrogen and oxygen atoms in total. The van der Waals surface area contributed by atoms with Crippen molar-refractivity contribution in [1.82, 2.24) is 9.88 Å². The number of aliphatic hydroxyl groups is 1. The Morgan fingerprint density at radius 3 is 2.77 bits per heavy atom. The van der Waals surface area contributed by atoms with E-state index >= 15 is 0 Å². The summed E-state index contributed by atoms with van der Waals surface area (Å²) >= 11 is 0. The number of furan rings is 1. The Morgan fingerprint density at radius 2 is 2.10 bits per heavy atom. The molecular weight excluding hydrogens is 391 g/mol. The number of aliphatic hydroxyl groups excluding tert-OH is 1. The summed E-state index contributed by atoms with van der Waals surface area (Å²) in [6.07, 6.45) is 4.58. The van der Waals surface area contributed by atoms with Crippen LogP contribution in [0.25, 0.3) is 5.76 Å². The molecule has 0 bridgehead atoms. The molecule has 1 N–H and O–H groups in total. The number of amides is 1. The lowest BCUT2D eigenvalue weighted by molar-refractivity contribution is -0.140. The molecular formula is C22H17FN2O5. The van der Waals surface area contributed by atoms with Gasteiger partial charge in [-0.3, -0.25) is 14.6 Å². The largest absolute Gasteiger partial charge is 0.507 e. The summed E-state index contributed by atoms with van der Waals surface area (Å²) in [7, 11) is 1.36. The van der Waals surface area contributed by atoms with Gasteiger partial charge in [0.1, 0.15) is 29.1 Å². The van der Waals surface area contributed by atoms with Gasteiger partial charge in [-0.15, -0.1) is 0 Å². The summed E-state index contributed by atoms with van der Waals surface area (Å²) in [5.41, 5.74) is 0.454. The number of nitrogens with zero attached hydrogens (tertiary/aromatic N) is 2. The first kappa shape index (κ1) is 19.4. The number of ether oxygens (including phenoxy) is 1. The van der Waals surface area contributed by atoms with Crippen molar-refractivity contribution < 1.29 is 28.2 Å². The molecule has 0 aliphatic carbocycles. The number of hydrogen-bond acceptors (Lipinski definition) is 6. The van der Waals surface area contributed by atoms with Crippen molar-refractivity contribution in [2.45, 2.75) is 12.6 Å². The van der Waals surface area contributed by atoms with Crippen LogP contribution in [0.4, 0.5) is 4.39 Å². The molecule has 3 heterocycles. The van der Waals surface area contributed by atoms with Gasteiger partial charge in [-0.05, 0) is 42.0 Å². The van der Waals surface area contributed by atoms with Crippen molar-refractivity contribution >= 4 is 17.4 Å². The third kappa shape index (κ3) is 3.32. The van der Waals surface area contributed by atoms with Crippen LogP contribution in [0, 0.1) is 5.82 Å². The Kier molecular flexibility index (Phi) is 5.05. The zero-order chi connectivity index (χ0) is 21.3. The van der Waals surface area contributed by atoms with Gasteiger partial charge in [0.2, 0.25) is 0 Å². The zero-order valence-electron chi connectivity index (χ0n) is 15.9. The quantitative estimate of drug-likeness (QED) is 0.395. The molecule has 2 aromatic heterocycles. The second-order valence-electron chi connectivity index (χ2n) is 6.65. The molecule has 0 spiro atoms. The van der Waals surface area contributed by atoms with E-state index in [2.05, 4.69) is 4.98 Å². The highest BCUT2D eigenvalue weighted by atomic mass is 19.1. The molecule has 1 saturated heterocycles. The van der Waals surface area contributed by atoms with Crippen LogP contribution in [-0.4, -0.2) is 33.8 Å². The van der Waals surface area contributed by atoms with E-state index in [1.165, 1.54) is 30.4 Å². The molecule has 0 radical (unpaired) electrons. The third-order valence-corrected chi connectivity index (χ3v) is 4.84. The van der Waals surface area contributed by atoms with Crippen LogP contribution in [0.2, 0.25) is 0 Å². The second-order valence-corrected chi connectivity index (χ2v) is 6.65. The van der Waals surface area contributed by atoms with E-state index in [1.807, 2.05) is 0 Å². The SMILES string of the molecule is COc1ccc(F)cc1C(O)=C1C(=O)C(=O)N(Cc2cccnc2)[C@@H]1c1ccco1. The van der Waals surface area contributed by atoms with Gasteiger partial charge in [-0.2, -0.15) is 0 Å². The molecule has 8 heteroatoms. The zero-order valence-corrected chi connectivity index (χ0v) is 15.9. The average molecular weight is 408 g/mol. The number of benzene rings is 1. The minimum Gasteiger partial charge on any atom is -0.507 e. The number of aromatic nitrogens is 1. The van der Waals surface area contributed by atoms with Gasteiger partial charge in [0.15, 0.2) is 0 Å². The molecule has 1 amide bonds. The van der Waals surface area contributed by atoms with E-state index in [0.717, 1.165) is 6.07 Å². The van der Waals surface area contributed by atoms with Crippen LogP contribution in [0.5, 0.6) is 5.75 Å². The number of halogens is 1. The molecule has 0 saturated carbocycles. The van der Waals surface area contributed by atoms with Gasteiger partial charge in [0, 0.05) is 18.9 Å². The Labute approximate surface area is 171 Å². The number of likely N-dealkylation sites (tertiary alicyclic amines) is 1. The molecule has 152 valence electrons. The minimum absolute atomic E-state index is 0.0339. The molecule has 0 unspecified atom stereocenters. The number of pyridine rings is 1. The maximum atomic E-state index is 13.9. The average Bonchev–Trinajstić information content (AvgIpc) is 3.37. The molecule has 1 atom stereocenters. The van der Waals surface area contributed by atoms with Crippen LogP contribution in [0.1, 0.15) is 22.9 Å². The minimum atomic E-state index is -0.992. The molecule has 1 fully saturated rings. The molecule has 30 heavy (non-hydrogen) atoms. The maximum Gasteiger partial charge on any atom is 0.296 e. The van der Waals surface area contributed by atoms with Crippen molar-refractivity contribution in [2.24, 2.45) is 0 Å². The summed E-state index contributed by atoms with van der Waals surface area (Å²) in [6, 6.07) is 9.24. The summed E-state index contributed by atoms with van der Waals surface area (Å²) < 4.78 is 24.5. The van der Waals surface area contributed by atoms with Crippen LogP contribution in [0.15, 0.2) is 71.1 Å². The number of Topliss-reactive ketones (excluding diaryl/α,β-unsaturated/α-hetero) is 1. The van der Waals surface area contributed by atoms with Gasteiger partial charge < -0.3 is 19.2 Å². The Hall–Kier alpha value is -3.94. The van der Waals surface area contributed by atoms with E-state index < -0.39 is 29.3 Å². The summed E-state index contributed by atoms with van der Waals surface area (Å²) in [5, 5.41) is 11.0. The maximum absolute atomic E-state index is 13.9.